The molecule has 104 valence electrons. The average Bonchev–Trinajstić information content (AvgIpc) is 2.48. The third kappa shape index (κ3) is 2.70. The molecule has 0 spiro atoms. The Bertz CT molecular complexity index is 615. The first-order valence-corrected chi connectivity index (χ1v) is 7.59. The summed E-state index contributed by atoms with van der Waals surface area (Å²) < 4.78 is 11.7. The molecule has 0 radical (unpaired) electrons. The summed E-state index contributed by atoms with van der Waals surface area (Å²) in [6, 6.07) is 13.8. The van der Waals surface area contributed by atoms with Crippen molar-refractivity contribution in [3.8, 4) is 11.5 Å². The first-order valence-electron chi connectivity index (χ1n) is 6.60. The van der Waals surface area contributed by atoms with E-state index in [-0.39, 0.29) is 6.10 Å². The number of hydrogen-bond donors (Lipinski definition) is 1. The molecule has 0 saturated carbocycles. The van der Waals surface area contributed by atoms with Gasteiger partial charge in [-0.15, -0.1) is 11.8 Å². The number of para-hydroxylation sites is 2. The van der Waals surface area contributed by atoms with Gasteiger partial charge in [0.15, 0.2) is 11.5 Å². The fourth-order valence-corrected chi connectivity index (χ4v) is 3.15. The molecule has 0 amide bonds. The number of ether oxygens (including phenoxy) is 2. The van der Waals surface area contributed by atoms with Crippen LogP contribution < -0.4 is 15.2 Å². The van der Waals surface area contributed by atoms with Crippen LogP contribution in [0.1, 0.15) is 5.56 Å². The highest BCUT2D eigenvalue weighted by molar-refractivity contribution is 7.99. The SMILES string of the molecule is Cc1c(N)cccc1SCC1COc2ccccc2O1. The van der Waals surface area contributed by atoms with Crippen LogP contribution in [0, 0.1) is 6.92 Å². The van der Waals surface area contributed by atoms with E-state index in [1.807, 2.05) is 43.3 Å². The monoisotopic (exact) mass is 287 g/mol. The number of nitrogens with two attached hydrogens (primary N) is 1. The van der Waals surface area contributed by atoms with E-state index < -0.39 is 0 Å². The second kappa shape index (κ2) is 5.67. The Morgan fingerprint density at radius 1 is 1.15 bits per heavy atom. The summed E-state index contributed by atoms with van der Waals surface area (Å²) in [5.74, 6) is 2.50. The molecular formula is C16H17NO2S. The number of fused-ring (bicyclic) bond motifs is 1. The molecule has 0 aromatic heterocycles. The number of nitrogen functional groups attached to an aromatic ring is 1. The first-order chi connectivity index (χ1) is 9.74. The molecule has 4 heteroatoms. The topological polar surface area (TPSA) is 44.5 Å². The van der Waals surface area contributed by atoms with Gasteiger partial charge in [-0.3, -0.25) is 0 Å². The van der Waals surface area contributed by atoms with Crippen molar-refractivity contribution in [2.45, 2.75) is 17.9 Å². The van der Waals surface area contributed by atoms with E-state index in [1.54, 1.807) is 11.8 Å². The Hall–Kier alpha value is -1.81. The summed E-state index contributed by atoms with van der Waals surface area (Å²) in [4.78, 5) is 1.20. The normalized spacial score (nSPS) is 16.9. The molecule has 1 unspecified atom stereocenters. The zero-order chi connectivity index (χ0) is 13.9. The summed E-state index contributed by atoms with van der Waals surface area (Å²) in [7, 11) is 0. The van der Waals surface area contributed by atoms with Crippen molar-refractivity contribution >= 4 is 17.4 Å². The summed E-state index contributed by atoms with van der Waals surface area (Å²) in [5, 5.41) is 0. The van der Waals surface area contributed by atoms with Crippen LogP contribution in [-0.2, 0) is 0 Å². The smallest absolute Gasteiger partial charge is 0.161 e. The highest BCUT2D eigenvalue weighted by Gasteiger charge is 2.20. The minimum Gasteiger partial charge on any atom is -0.486 e. The van der Waals surface area contributed by atoms with E-state index in [1.165, 1.54) is 4.90 Å². The third-order valence-electron chi connectivity index (χ3n) is 3.32. The summed E-state index contributed by atoms with van der Waals surface area (Å²) in [6.07, 6.45) is 0.0655. The van der Waals surface area contributed by atoms with Gasteiger partial charge in [0.25, 0.3) is 0 Å². The Balaban J connectivity index is 1.64. The molecule has 0 fully saturated rings. The van der Waals surface area contributed by atoms with Gasteiger partial charge in [0, 0.05) is 16.3 Å². The Labute approximate surface area is 123 Å². The fraction of sp³-hybridized carbons (Fsp3) is 0.250. The zero-order valence-electron chi connectivity index (χ0n) is 11.3. The lowest BCUT2D eigenvalue weighted by Crippen LogP contribution is -2.31. The van der Waals surface area contributed by atoms with Gasteiger partial charge in [-0.2, -0.15) is 0 Å². The molecule has 20 heavy (non-hydrogen) atoms. The molecule has 2 aromatic rings. The predicted octanol–water partition coefficient (Wildman–Crippen LogP) is 3.51. The molecular weight excluding hydrogens is 270 g/mol. The maximum absolute atomic E-state index is 5.95. The molecule has 2 aromatic carbocycles. The van der Waals surface area contributed by atoms with Crippen molar-refractivity contribution in [3.63, 3.8) is 0 Å². The molecule has 0 aliphatic carbocycles. The number of benzene rings is 2. The Morgan fingerprint density at radius 2 is 1.95 bits per heavy atom. The van der Waals surface area contributed by atoms with Gasteiger partial charge in [0.2, 0.25) is 0 Å². The standard InChI is InChI=1S/C16H17NO2S/c1-11-13(17)5-4-8-16(11)20-10-12-9-18-14-6-2-3-7-15(14)19-12/h2-8,12H,9-10,17H2,1H3. The summed E-state index contributed by atoms with van der Waals surface area (Å²) >= 11 is 1.76. The highest BCUT2D eigenvalue weighted by atomic mass is 32.2. The van der Waals surface area contributed by atoms with Crippen molar-refractivity contribution in [3.05, 3.63) is 48.0 Å². The molecule has 3 nitrogen and oxygen atoms in total. The lowest BCUT2D eigenvalue weighted by Gasteiger charge is -2.26. The lowest BCUT2D eigenvalue weighted by molar-refractivity contribution is 0.107. The van der Waals surface area contributed by atoms with Gasteiger partial charge >= 0.3 is 0 Å². The van der Waals surface area contributed by atoms with Gasteiger partial charge in [-0.05, 0) is 36.8 Å². The van der Waals surface area contributed by atoms with E-state index in [4.69, 9.17) is 15.2 Å². The van der Waals surface area contributed by atoms with Crippen LogP contribution in [0.5, 0.6) is 11.5 Å². The van der Waals surface area contributed by atoms with Crippen LogP contribution in [0.15, 0.2) is 47.4 Å². The molecule has 1 heterocycles. The van der Waals surface area contributed by atoms with Crippen LogP contribution in [0.2, 0.25) is 0 Å². The van der Waals surface area contributed by atoms with Crippen LogP contribution in [-0.4, -0.2) is 18.5 Å². The largest absolute Gasteiger partial charge is 0.486 e. The number of hydrogen-bond acceptors (Lipinski definition) is 4. The van der Waals surface area contributed by atoms with E-state index in [2.05, 4.69) is 6.07 Å². The van der Waals surface area contributed by atoms with Crippen molar-refractivity contribution < 1.29 is 9.47 Å². The van der Waals surface area contributed by atoms with Crippen molar-refractivity contribution in [1.82, 2.24) is 0 Å². The second-order valence-corrected chi connectivity index (χ2v) is 5.84. The molecule has 1 atom stereocenters. The average molecular weight is 287 g/mol. The van der Waals surface area contributed by atoms with Gasteiger partial charge in [0.1, 0.15) is 12.7 Å². The maximum Gasteiger partial charge on any atom is 0.161 e. The molecule has 3 rings (SSSR count). The van der Waals surface area contributed by atoms with E-state index >= 15 is 0 Å². The molecule has 1 aliphatic rings. The molecule has 1 aliphatic heterocycles. The van der Waals surface area contributed by atoms with Crippen molar-refractivity contribution in [2.75, 3.05) is 18.1 Å². The van der Waals surface area contributed by atoms with Gasteiger partial charge < -0.3 is 15.2 Å². The Morgan fingerprint density at radius 3 is 2.80 bits per heavy atom. The van der Waals surface area contributed by atoms with Crippen LogP contribution in [0.4, 0.5) is 5.69 Å². The van der Waals surface area contributed by atoms with Crippen LogP contribution in [0.25, 0.3) is 0 Å². The van der Waals surface area contributed by atoms with E-state index in [0.29, 0.717) is 6.61 Å². The maximum atomic E-state index is 5.95. The third-order valence-corrected chi connectivity index (χ3v) is 4.61. The van der Waals surface area contributed by atoms with Gasteiger partial charge in [-0.1, -0.05) is 18.2 Å². The van der Waals surface area contributed by atoms with Gasteiger partial charge in [0.05, 0.1) is 0 Å². The zero-order valence-corrected chi connectivity index (χ0v) is 12.2. The number of rotatable bonds is 3. The van der Waals surface area contributed by atoms with Crippen molar-refractivity contribution in [1.29, 1.82) is 0 Å². The minimum atomic E-state index is 0.0655. The number of thioether (sulfide) groups is 1. The van der Waals surface area contributed by atoms with E-state index in [9.17, 15) is 0 Å². The fourth-order valence-electron chi connectivity index (χ4n) is 2.12. The Kier molecular flexibility index (Phi) is 3.74. The lowest BCUT2D eigenvalue weighted by atomic mass is 10.2. The second-order valence-electron chi connectivity index (χ2n) is 4.78. The molecule has 0 saturated heterocycles. The van der Waals surface area contributed by atoms with Gasteiger partial charge in [-0.25, -0.2) is 0 Å². The highest BCUT2D eigenvalue weighted by Crippen LogP contribution is 2.33. The van der Waals surface area contributed by atoms with E-state index in [0.717, 1.165) is 28.5 Å². The van der Waals surface area contributed by atoms with Crippen LogP contribution in [0.3, 0.4) is 0 Å². The molecule has 0 bridgehead atoms. The predicted molar refractivity (Wildman–Crippen MR) is 82.7 cm³/mol. The first kappa shape index (κ1) is 13.2. The minimum absolute atomic E-state index is 0.0655. The summed E-state index contributed by atoms with van der Waals surface area (Å²) in [6.45, 7) is 2.64. The van der Waals surface area contributed by atoms with Crippen LogP contribution >= 0.6 is 11.8 Å². The van der Waals surface area contributed by atoms with Crippen molar-refractivity contribution in [2.24, 2.45) is 0 Å². The number of anilines is 1. The summed E-state index contributed by atoms with van der Waals surface area (Å²) in [5.41, 5.74) is 7.89. The quantitative estimate of drug-likeness (QED) is 0.693. The molecule has 2 N–H and O–H groups in total.